The molecule has 0 spiro atoms. The molecular weight excluding hydrogens is 197 g/mol. The quantitative estimate of drug-likeness (QED) is 0.613. The van der Waals surface area contributed by atoms with E-state index < -0.39 is 0 Å². The van der Waals surface area contributed by atoms with Crippen molar-refractivity contribution in [3.8, 4) is 0 Å². The van der Waals surface area contributed by atoms with Crippen LogP contribution in [-0.2, 0) is 0 Å². The second-order valence-corrected chi connectivity index (χ2v) is 4.10. The van der Waals surface area contributed by atoms with Crippen molar-refractivity contribution in [2.75, 3.05) is 12.9 Å². The monoisotopic (exact) mass is 215 g/mol. The topological polar surface area (TPSA) is 12.4 Å². The zero-order valence-corrected chi connectivity index (χ0v) is 9.90. The fraction of sp³-hybridized carbons (Fsp3) is 0.545. The third kappa shape index (κ3) is 5.97. The van der Waals surface area contributed by atoms with Crippen molar-refractivity contribution in [3.05, 3.63) is 23.3 Å². The first-order valence-corrected chi connectivity index (χ1v) is 5.84. The standard InChI is InChI=1S/C11H18FNS/c1-5-11(6-9(2)7-12)13-8-10(3)14-4/h5,8-9H,3,6-7H2,1-2,4H3/b11-5-,13-8?/t9-/m0/s1. The molecule has 0 unspecified atom stereocenters. The average Bonchev–Trinajstić information content (AvgIpc) is 2.22. The summed E-state index contributed by atoms with van der Waals surface area (Å²) in [4.78, 5) is 5.16. The normalized spacial score (nSPS) is 14.7. The molecule has 0 aromatic heterocycles. The van der Waals surface area contributed by atoms with Crippen molar-refractivity contribution in [1.82, 2.24) is 0 Å². The first-order chi connectivity index (χ1) is 6.63. The minimum atomic E-state index is -0.295. The number of allylic oxidation sites excluding steroid dienone is 3. The molecule has 0 saturated heterocycles. The molecule has 1 nitrogen and oxygen atoms in total. The van der Waals surface area contributed by atoms with E-state index in [9.17, 15) is 4.39 Å². The molecule has 0 aromatic rings. The highest BCUT2D eigenvalue weighted by Gasteiger charge is 2.03. The average molecular weight is 215 g/mol. The van der Waals surface area contributed by atoms with Gasteiger partial charge in [-0.3, -0.25) is 9.38 Å². The van der Waals surface area contributed by atoms with Crippen LogP contribution in [0.15, 0.2) is 28.2 Å². The summed E-state index contributed by atoms with van der Waals surface area (Å²) >= 11 is 1.56. The number of alkyl halides is 1. The zero-order valence-electron chi connectivity index (χ0n) is 9.09. The summed E-state index contributed by atoms with van der Waals surface area (Å²) in [5, 5.41) is 0. The fourth-order valence-electron chi connectivity index (χ4n) is 0.864. The van der Waals surface area contributed by atoms with E-state index in [2.05, 4.69) is 11.6 Å². The highest BCUT2D eigenvalue weighted by molar-refractivity contribution is 8.03. The van der Waals surface area contributed by atoms with E-state index in [4.69, 9.17) is 0 Å². The Bertz CT molecular complexity index is 233. The third-order valence-electron chi connectivity index (χ3n) is 1.79. The summed E-state index contributed by atoms with van der Waals surface area (Å²) in [7, 11) is 0. The lowest BCUT2D eigenvalue weighted by Gasteiger charge is -2.06. The van der Waals surface area contributed by atoms with Crippen molar-refractivity contribution in [1.29, 1.82) is 0 Å². The Morgan fingerprint density at radius 1 is 1.64 bits per heavy atom. The second-order valence-electron chi connectivity index (χ2n) is 3.17. The third-order valence-corrected chi connectivity index (χ3v) is 2.42. The van der Waals surface area contributed by atoms with Crippen LogP contribution in [0.4, 0.5) is 4.39 Å². The number of halogens is 1. The Labute approximate surface area is 90.2 Å². The summed E-state index contributed by atoms with van der Waals surface area (Å²) in [5.41, 5.74) is 0.922. The van der Waals surface area contributed by atoms with Crippen LogP contribution < -0.4 is 0 Å². The first kappa shape index (κ1) is 13.4. The lowest BCUT2D eigenvalue weighted by molar-refractivity contribution is 0.380. The van der Waals surface area contributed by atoms with Gasteiger partial charge in [0.05, 0.1) is 6.67 Å². The number of hydrogen-bond acceptors (Lipinski definition) is 2. The molecule has 0 heterocycles. The van der Waals surface area contributed by atoms with Crippen LogP contribution in [0.5, 0.6) is 0 Å². The van der Waals surface area contributed by atoms with Crippen molar-refractivity contribution >= 4 is 18.0 Å². The smallest absolute Gasteiger partial charge is 0.0923 e. The maximum atomic E-state index is 12.2. The molecular formula is C11H18FNS. The van der Waals surface area contributed by atoms with Crippen molar-refractivity contribution in [3.63, 3.8) is 0 Å². The SMILES string of the molecule is C=C(C=N/C(=C\C)C[C@H](C)CF)SC. The van der Waals surface area contributed by atoms with Crippen LogP contribution in [0.1, 0.15) is 20.3 Å². The van der Waals surface area contributed by atoms with Crippen molar-refractivity contribution in [2.24, 2.45) is 10.9 Å². The maximum absolute atomic E-state index is 12.2. The first-order valence-electron chi connectivity index (χ1n) is 4.62. The molecule has 3 heteroatoms. The Kier molecular flexibility index (Phi) is 7.48. The van der Waals surface area contributed by atoms with Gasteiger partial charge in [0.15, 0.2) is 0 Å². The van der Waals surface area contributed by atoms with Gasteiger partial charge in [-0.05, 0) is 25.5 Å². The molecule has 0 aliphatic rings. The van der Waals surface area contributed by atoms with Crippen molar-refractivity contribution < 1.29 is 4.39 Å². The van der Waals surface area contributed by atoms with Gasteiger partial charge in [-0.1, -0.05) is 19.6 Å². The number of rotatable bonds is 6. The summed E-state index contributed by atoms with van der Waals surface area (Å²) in [6, 6.07) is 0. The van der Waals surface area contributed by atoms with Gasteiger partial charge in [0.1, 0.15) is 0 Å². The Balaban J connectivity index is 4.17. The van der Waals surface area contributed by atoms with E-state index in [1.165, 1.54) is 0 Å². The molecule has 0 bridgehead atoms. The second kappa shape index (κ2) is 7.80. The molecule has 0 radical (unpaired) electrons. The number of aliphatic imine (C=N–C) groups is 1. The summed E-state index contributed by atoms with van der Waals surface area (Å²) in [6.45, 7) is 7.29. The van der Waals surface area contributed by atoms with Gasteiger partial charge in [-0.15, -0.1) is 11.8 Å². The van der Waals surface area contributed by atoms with E-state index in [1.54, 1.807) is 18.0 Å². The molecule has 0 aliphatic carbocycles. The van der Waals surface area contributed by atoms with Gasteiger partial charge in [0, 0.05) is 16.8 Å². The van der Waals surface area contributed by atoms with E-state index in [0.29, 0.717) is 6.42 Å². The van der Waals surface area contributed by atoms with Crippen LogP contribution in [0.3, 0.4) is 0 Å². The van der Waals surface area contributed by atoms with Gasteiger partial charge in [0.2, 0.25) is 0 Å². The molecule has 0 aliphatic heterocycles. The summed E-state index contributed by atoms with van der Waals surface area (Å²) in [5.74, 6) is 0.0425. The lowest BCUT2D eigenvalue weighted by Crippen LogP contribution is -1.98. The lowest BCUT2D eigenvalue weighted by atomic mass is 10.1. The van der Waals surface area contributed by atoms with Gasteiger partial charge >= 0.3 is 0 Å². The van der Waals surface area contributed by atoms with E-state index in [0.717, 1.165) is 10.6 Å². The van der Waals surface area contributed by atoms with E-state index in [-0.39, 0.29) is 12.6 Å². The minimum absolute atomic E-state index is 0.0425. The van der Waals surface area contributed by atoms with Crippen LogP contribution in [0.2, 0.25) is 0 Å². The predicted octanol–water partition coefficient (Wildman–Crippen LogP) is 3.83. The molecule has 0 aromatic carbocycles. The van der Waals surface area contributed by atoms with Crippen LogP contribution in [-0.4, -0.2) is 19.1 Å². The van der Waals surface area contributed by atoms with Crippen LogP contribution in [0, 0.1) is 5.92 Å². The minimum Gasteiger partial charge on any atom is -0.261 e. The molecule has 0 N–H and O–H groups in total. The molecule has 14 heavy (non-hydrogen) atoms. The highest BCUT2D eigenvalue weighted by Crippen LogP contribution is 2.14. The Hall–Kier alpha value is -0.570. The molecule has 0 rings (SSSR count). The fourth-order valence-corrected chi connectivity index (χ4v) is 1.02. The Morgan fingerprint density at radius 3 is 2.71 bits per heavy atom. The van der Waals surface area contributed by atoms with Gasteiger partial charge in [-0.2, -0.15) is 0 Å². The van der Waals surface area contributed by atoms with Crippen molar-refractivity contribution in [2.45, 2.75) is 20.3 Å². The molecule has 0 fully saturated rings. The summed E-state index contributed by atoms with van der Waals surface area (Å²) in [6.07, 6.45) is 6.28. The number of hydrogen-bond donors (Lipinski definition) is 0. The van der Waals surface area contributed by atoms with Gasteiger partial charge in [-0.25, -0.2) is 0 Å². The van der Waals surface area contributed by atoms with Gasteiger partial charge in [0.25, 0.3) is 0 Å². The van der Waals surface area contributed by atoms with E-state index in [1.807, 2.05) is 26.2 Å². The maximum Gasteiger partial charge on any atom is 0.0923 e. The van der Waals surface area contributed by atoms with Crippen LogP contribution >= 0.6 is 11.8 Å². The Morgan fingerprint density at radius 2 is 2.29 bits per heavy atom. The molecule has 80 valence electrons. The van der Waals surface area contributed by atoms with Crippen LogP contribution in [0.25, 0.3) is 0 Å². The predicted molar refractivity (Wildman–Crippen MR) is 64.7 cm³/mol. The summed E-state index contributed by atoms with van der Waals surface area (Å²) < 4.78 is 12.2. The number of thioether (sulfide) groups is 1. The molecule has 1 atom stereocenters. The van der Waals surface area contributed by atoms with Gasteiger partial charge < -0.3 is 0 Å². The van der Waals surface area contributed by atoms with E-state index >= 15 is 0 Å². The largest absolute Gasteiger partial charge is 0.261 e. The molecule has 0 amide bonds. The highest BCUT2D eigenvalue weighted by atomic mass is 32.2. The zero-order chi connectivity index (χ0) is 11.0. The molecule has 0 saturated carbocycles. The number of nitrogens with zero attached hydrogens (tertiary/aromatic N) is 1.